The average molecular weight is 454 g/mol. The molecule has 170 valence electrons. The number of unbranched alkanes of at least 4 members (excludes halogenated alkanes) is 2. The van der Waals surface area contributed by atoms with Gasteiger partial charge in [-0.3, -0.25) is 9.59 Å². The number of rotatable bonds is 11. The molecule has 2 amide bonds. The van der Waals surface area contributed by atoms with E-state index in [-0.39, 0.29) is 23.1 Å². The third kappa shape index (κ3) is 7.10. The molecule has 0 aromatic heterocycles. The van der Waals surface area contributed by atoms with E-state index in [0.29, 0.717) is 18.5 Å². The van der Waals surface area contributed by atoms with Crippen LogP contribution in [-0.4, -0.2) is 24.2 Å². The van der Waals surface area contributed by atoms with E-state index in [1.54, 1.807) is 0 Å². The summed E-state index contributed by atoms with van der Waals surface area (Å²) in [5.41, 5.74) is 13.7. The van der Waals surface area contributed by atoms with Crippen LogP contribution in [0.2, 0.25) is 0 Å². The highest BCUT2D eigenvalue weighted by atomic mass is 32.2. The third-order valence-electron chi connectivity index (χ3n) is 5.47. The SMILES string of the molecule is CC1(C(=O)Nc2ccc(NSc3ccc(C(N)=NC(=O)CCCCCN)cc3)cc2)CC1. The molecule has 0 spiro atoms. The summed E-state index contributed by atoms with van der Waals surface area (Å²) >= 11 is 1.46. The Kier molecular flexibility index (Phi) is 8.30. The molecular weight excluding hydrogens is 422 g/mol. The maximum absolute atomic E-state index is 12.1. The summed E-state index contributed by atoms with van der Waals surface area (Å²) in [6.07, 6.45) is 4.92. The molecule has 8 heteroatoms. The number of anilines is 2. The Morgan fingerprint density at radius 3 is 2.28 bits per heavy atom. The van der Waals surface area contributed by atoms with E-state index in [1.165, 1.54) is 11.9 Å². The van der Waals surface area contributed by atoms with E-state index >= 15 is 0 Å². The van der Waals surface area contributed by atoms with Gasteiger partial charge in [0.05, 0.1) is 0 Å². The van der Waals surface area contributed by atoms with Crippen molar-refractivity contribution in [2.75, 3.05) is 16.6 Å². The van der Waals surface area contributed by atoms with Gasteiger partial charge in [-0.1, -0.05) is 25.5 Å². The molecule has 0 aliphatic heterocycles. The Balaban J connectivity index is 1.46. The minimum absolute atomic E-state index is 0.0868. The van der Waals surface area contributed by atoms with Crippen molar-refractivity contribution in [3.8, 4) is 0 Å². The Bertz CT molecular complexity index is 953. The molecule has 2 aromatic rings. The zero-order valence-electron chi connectivity index (χ0n) is 18.4. The fourth-order valence-electron chi connectivity index (χ4n) is 2.98. The highest BCUT2D eigenvalue weighted by molar-refractivity contribution is 8.00. The van der Waals surface area contributed by atoms with E-state index in [9.17, 15) is 9.59 Å². The molecule has 0 atom stereocenters. The van der Waals surface area contributed by atoms with E-state index in [1.807, 2.05) is 55.5 Å². The molecule has 6 N–H and O–H groups in total. The lowest BCUT2D eigenvalue weighted by molar-refractivity contribution is -0.120. The first kappa shape index (κ1) is 23.8. The van der Waals surface area contributed by atoms with E-state index < -0.39 is 0 Å². The fourth-order valence-corrected chi connectivity index (χ4v) is 3.63. The van der Waals surface area contributed by atoms with Crippen LogP contribution in [0.5, 0.6) is 0 Å². The number of benzene rings is 2. The fraction of sp³-hybridized carbons (Fsp3) is 0.375. The van der Waals surface area contributed by atoms with Gasteiger partial charge in [0.1, 0.15) is 5.84 Å². The molecular formula is C24H31N5O2S. The van der Waals surface area contributed by atoms with Crippen molar-refractivity contribution in [3.63, 3.8) is 0 Å². The monoisotopic (exact) mass is 453 g/mol. The topological polar surface area (TPSA) is 123 Å². The van der Waals surface area contributed by atoms with E-state index in [2.05, 4.69) is 15.0 Å². The lowest BCUT2D eigenvalue weighted by atomic mass is 10.1. The quantitative estimate of drug-likeness (QED) is 0.174. The van der Waals surface area contributed by atoms with E-state index in [0.717, 1.165) is 48.4 Å². The predicted octanol–water partition coefficient (Wildman–Crippen LogP) is 4.30. The number of hydrogen-bond acceptors (Lipinski definition) is 5. The molecule has 7 nitrogen and oxygen atoms in total. The Morgan fingerprint density at radius 2 is 1.66 bits per heavy atom. The van der Waals surface area contributed by atoms with Gasteiger partial charge >= 0.3 is 0 Å². The highest BCUT2D eigenvalue weighted by Gasteiger charge is 2.44. The van der Waals surface area contributed by atoms with Crippen LogP contribution in [0.1, 0.15) is 51.0 Å². The maximum atomic E-state index is 12.1. The van der Waals surface area contributed by atoms with Crippen molar-refractivity contribution in [1.82, 2.24) is 0 Å². The van der Waals surface area contributed by atoms with Gasteiger partial charge in [0.25, 0.3) is 0 Å². The first-order valence-corrected chi connectivity index (χ1v) is 11.7. The standard InChI is InChI=1S/C24H31N5O2S/c1-24(14-15-24)23(31)27-18-8-10-19(11-9-18)29-32-20-12-6-17(7-13-20)22(26)28-21(30)5-3-2-4-16-25/h6-13,29H,2-5,14-16,25H2,1H3,(H,27,31)(H2,26,28,30). The minimum atomic E-state index is -0.203. The van der Waals surface area contributed by atoms with Gasteiger partial charge in [0.2, 0.25) is 11.8 Å². The molecule has 0 radical (unpaired) electrons. The van der Waals surface area contributed by atoms with Gasteiger partial charge in [-0.2, -0.15) is 4.99 Å². The van der Waals surface area contributed by atoms with Crippen molar-refractivity contribution < 1.29 is 9.59 Å². The van der Waals surface area contributed by atoms with Crippen LogP contribution in [0.15, 0.2) is 58.4 Å². The number of amides is 2. The van der Waals surface area contributed by atoms with Crippen LogP contribution in [0.25, 0.3) is 0 Å². The van der Waals surface area contributed by atoms with Crippen molar-refractivity contribution in [1.29, 1.82) is 0 Å². The summed E-state index contributed by atoms with van der Waals surface area (Å²) < 4.78 is 3.28. The first-order chi connectivity index (χ1) is 15.4. The molecule has 1 aliphatic carbocycles. The van der Waals surface area contributed by atoms with Crippen LogP contribution in [0, 0.1) is 5.41 Å². The number of nitrogens with one attached hydrogen (secondary N) is 2. The zero-order chi connectivity index (χ0) is 23.0. The van der Waals surface area contributed by atoms with Gasteiger partial charge in [-0.25, -0.2) is 0 Å². The van der Waals surface area contributed by atoms with E-state index in [4.69, 9.17) is 11.5 Å². The molecule has 32 heavy (non-hydrogen) atoms. The van der Waals surface area contributed by atoms with Gasteiger partial charge in [0.15, 0.2) is 0 Å². The summed E-state index contributed by atoms with van der Waals surface area (Å²) in [5, 5.41) is 2.97. The zero-order valence-corrected chi connectivity index (χ0v) is 19.2. The second-order valence-electron chi connectivity index (χ2n) is 8.31. The molecule has 0 bridgehead atoms. The number of aliphatic imine (C=N–C) groups is 1. The summed E-state index contributed by atoms with van der Waals surface area (Å²) in [4.78, 5) is 29.0. The molecule has 0 saturated heterocycles. The number of nitrogens with two attached hydrogens (primary N) is 2. The van der Waals surface area contributed by atoms with Gasteiger partial charge in [-0.15, -0.1) is 0 Å². The molecule has 0 heterocycles. The predicted molar refractivity (Wildman–Crippen MR) is 132 cm³/mol. The van der Waals surface area contributed by atoms with Crippen LogP contribution >= 0.6 is 11.9 Å². The largest absolute Gasteiger partial charge is 0.383 e. The van der Waals surface area contributed by atoms with Crippen LogP contribution < -0.4 is 21.5 Å². The molecule has 0 unspecified atom stereocenters. The lowest BCUT2D eigenvalue weighted by Gasteiger charge is -2.11. The van der Waals surface area contributed by atoms with Crippen LogP contribution in [0.4, 0.5) is 11.4 Å². The Hall–Kier alpha value is -2.84. The number of hydrogen-bond donors (Lipinski definition) is 4. The summed E-state index contributed by atoms with van der Waals surface area (Å²) in [5.74, 6) is 0.116. The average Bonchev–Trinajstić information content (AvgIpc) is 3.55. The second-order valence-corrected chi connectivity index (χ2v) is 9.19. The van der Waals surface area contributed by atoms with Crippen LogP contribution in [0.3, 0.4) is 0 Å². The highest BCUT2D eigenvalue weighted by Crippen LogP contribution is 2.45. The smallest absolute Gasteiger partial charge is 0.247 e. The maximum Gasteiger partial charge on any atom is 0.247 e. The second kappa shape index (κ2) is 11.2. The van der Waals surface area contributed by atoms with Gasteiger partial charge in [-0.05, 0) is 80.6 Å². The Morgan fingerprint density at radius 1 is 1.00 bits per heavy atom. The summed E-state index contributed by atoms with van der Waals surface area (Å²) in [6, 6.07) is 15.2. The minimum Gasteiger partial charge on any atom is -0.383 e. The van der Waals surface area contributed by atoms with Crippen molar-refractivity contribution in [2.45, 2.75) is 50.3 Å². The Labute approximate surface area is 193 Å². The first-order valence-electron chi connectivity index (χ1n) is 10.9. The number of carbonyl (C=O) groups is 2. The lowest BCUT2D eigenvalue weighted by Crippen LogP contribution is -2.21. The van der Waals surface area contributed by atoms with Crippen molar-refractivity contribution in [3.05, 3.63) is 54.1 Å². The molecule has 3 rings (SSSR count). The third-order valence-corrected chi connectivity index (χ3v) is 6.31. The normalized spacial score (nSPS) is 14.6. The number of carbonyl (C=O) groups excluding carboxylic acids is 2. The number of amidine groups is 1. The van der Waals surface area contributed by atoms with Crippen LogP contribution in [-0.2, 0) is 9.59 Å². The van der Waals surface area contributed by atoms with Crippen molar-refractivity contribution in [2.24, 2.45) is 21.9 Å². The summed E-state index contributed by atoms with van der Waals surface area (Å²) in [6.45, 7) is 2.63. The number of nitrogens with zero attached hydrogens (tertiary/aromatic N) is 1. The summed E-state index contributed by atoms with van der Waals surface area (Å²) in [7, 11) is 0. The molecule has 1 fully saturated rings. The molecule has 1 saturated carbocycles. The van der Waals surface area contributed by atoms with Crippen molar-refractivity contribution >= 4 is 41.0 Å². The molecule has 1 aliphatic rings. The van der Waals surface area contributed by atoms with Gasteiger partial charge < -0.3 is 21.5 Å². The van der Waals surface area contributed by atoms with Gasteiger partial charge in [0, 0.05) is 33.7 Å². The molecule has 2 aromatic carbocycles.